The number of nitriles is 1. The maximum Gasteiger partial charge on any atom is 0.274 e. The second kappa shape index (κ2) is 9.16. The normalized spacial score (nSPS) is 10.7. The van der Waals surface area contributed by atoms with E-state index in [2.05, 4.69) is 30.1 Å². The van der Waals surface area contributed by atoms with Gasteiger partial charge < -0.3 is 4.90 Å². The number of aromatic amines is 1. The lowest BCUT2D eigenvalue weighted by atomic mass is 10.1. The zero-order valence-electron chi connectivity index (χ0n) is 16.5. The number of nitrogens with one attached hydrogen (secondary N) is 1. The lowest BCUT2D eigenvalue weighted by molar-refractivity contribution is 0.0723. The molecule has 0 aliphatic carbocycles. The van der Waals surface area contributed by atoms with Gasteiger partial charge in [0.1, 0.15) is 11.5 Å². The number of carbonyl (C=O) groups excluding carboxylic acids is 1. The Morgan fingerprint density at radius 1 is 1.14 bits per heavy atom. The van der Waals surface area contributed by atoms with Gasteiger partial charge in [-0.1, -0.05) is 38.1 Å². The van der Waals surface area contributed by atoms with Gasteiger partial charge in [0, 0.05) is 18.8 Å². The van der Waals surface area contributed by atoms with E-state index in [4.69, 9.17) is 5.26 Å². The Bertz CT molecular complexity index is 1020. The van der Waals surface area contributed by atoms with E-state index in [1.165, 1.54) is 12.1 Å². The molecule has 0 radical (unpaired) electrons. The molecule has 0 atom stereocenters. The van der Waals surface area contributed by atoms with Gasteiger partial charge in [0.05, 0.1) is 11.6 Å². The van der Waals surface area contributed by atoms with E-state index in [-0.39, 0.29) is 18.3 Å². The number of amides is 1. The minimum absolute atomic E-state index is 0.232. The third-order valence-electron chi connectivity index (χ3n) is 4.48. The van der Waals surface area contributed by atoms with E-state index < -0.39 is 0 Å². The van der Waals surface area contributed by atoms with Gasteiger partial charge in [-0.2, -0.15) is 10.4 Å². The summed E-state index contributed by atoms with van der Waals surface area (Å²) in [6.45, 7) is 4.78. The molecule has 3 aromatic rings. The fourth-order valence-corrected chi connectivity index (χ4v) is 3.14. The van der Waals surface area contributed by atoms with Crippen molar-refractivity contribution in [2.45, 2.75) is 33.4 Å². The van der Waals surface area contributed by atoms with Crippen LogP contribution in [0.2, 0.25) is 0 Å². The number of halogens is 1. The Morgan fingerprint density at radius 3 is 2.52 bits per heavy atom. The van der Waals surface area contributed by atoms with Gasteiger partial charge >= 0.3 is 0 Å². The second-order valence-electron chi connectivity index (χ2n) is 7.48. The minimum atomic E-state index is -0.340. The van der Waals surface area contributed by atoms with E-state index in [1.54, 1.807) is 35.2 Å². The van der Waals surface area contributed by atoms with Crippen molar-refractivity contribution in [2.24, 2.45) is 5.92 Å². The molecule has 0 aliphatic heterocycles. The second-order valence-corrected chi connectivity index (χ2v) is 7.48. The highest BCUT2D eigenvalue weighted by molar-refractivity contribution is 5.92. The molecule has 0 bridgehead atoms. The average molecular weight is 390 g/mol. The van der Waals surface area contributed by atoms with Crippen molar-refractivity contribution in [3.8, 4) is 6.07 Å². The molecule has 3 rings (SSSR count). The first-order valence-corrected chi connectivity index (χ1v) is 9.51. The first-order valence-electron chi connectivity index (χ1n) is 9.51. The maximum atomic E-state index is 13.6. The summed E-state index contributed by atoms with van der Waals surface area (Å²) < 4.78 is 13.6. The summed E-state index contributed by atoms with van der Waals surface area (Å²) in [6.07, 6.45) is 0.805. The molecule has 1 N–H and O–H groups in total. The Kier molecular flexibility index (Phi) is 6.40. The highest BCUT2D eigenvalue weighted by Crippen LogP contribution is 2.16. The van der Waals surface area contributed by atoms with E-state index in [0.29, 0.717) is 29.3 Å². The molecular formula is C23H23FN4O. The molecule has 148 valence electrons. The standard InChI is InChI=1S/C23H23FN4O/c1-16(2)10-21-12-22(27-26-21)23(29)28(15-19-4-3-5-20(24)11-19)14-18-8-6-17(13-25)7-9-18/h3-9,11-12,16H,10,14-15H2,1-2H3,(H,26,27). The maximum absolute atomic E-state index is 13.6. The molecule has 0 unspecified atom stereocenters. The monoisotopic (exact) mass is 390 g/mol. The molecule has 0 spiro atoms. The van der Waals surface area contributed by atoms with Gasteiger partial charge in [-0.15, -0.1) is 0 Å². The molecule has 1 aromatic heterocycles. The minimum Gasteiger partial charge on any atom is -0.329 e. The number of aromatic nitrogens is 2. The van der Waals surface area contributed by atoms with Gasteiger partial charge in [-0.3, -0.25) is 9.89 Å². The summed E-state index contributed by atoms with van der Waals surface area (Å²) in [7, 11) is 0. The van der Waals surface area contributed by atoms with Gasteiger partial charge in [0.25, 0.3) is 5.91 Å². The summed E-state index contributed by atoms with van der Waals surface area (Å²) in [6, 6.07) is 17.2. The van der Waals surface area contributed by atoms with Crippen LogP contribution in [0.3, 0.4) is 0 Å². The van der Waals surface area contributed by atoms with Crippen LogP contribution in [-0.4, -0.2) is 21.0 Å². The predicted molar refractivity (Wildman–Crippen MR) is 108 cm³/mol. The highest BCUT2D eigenvalue weighted by Gasteiger charge is 2.20. The third kappa shape index (κ3) is 5.52. The number of rotatable bonds is 7. The fourth-order valence-electron chi connectivity index (χ4n) is 3.14. The van der Waals surface area contributed by atoms with Gasteiger partial charge in [-0.05, 0) is 53.8 Å². The van der Waals surface area contributed by atoms with E-state index in [0.717, 1.165) is 17.7 Å². The quantitative estimate of drug-likeness (QED) is 0.647. The van der Waals surface area contributed by atoms with Crippen LogP contribution >= 0.6 is 0 Å². The largest absolute Gasteiger partial charge is 0.329 e. The highest BCUT2D eigenvalue weighted by atomic mass is 19.1. The Balaban J connectivity index is 1.85. The van der Waals surface area contributed by atoms with Crippen molar-refractivity contribution < 1.29 is 9.18 Å². The smallest absolute Gasteiger partial charge is 0.274 e. The molecule has 29 heavy (non-hydrogen) atoms. The van der Waals surface area contributed by atoms with Gasteiger partial charge in [0.2, 0.25) is 0 Å². The van der Waals surface area contributed by atoms with Crippen LogP contribution in [0, 0.1) is 23.1 Å². The molecule has 0 saturated carbocycles. The summed E-state index contributed by atoms with van der Waals surface area (Å²) in [4.78, 5) is 14.8. The molecule has 1 amide bonds. The van der Waals surface area contributed by atoms with Gasteiger partial charge in [0.15, 0.2) is 0 Å². The van der Waals surface area contributed by atoms with Crippen molar-refractivity contribution in [3.63, 3.8) is 0 Å². The molecule has 0 saturated heterocycles. The number of hydrogen-bond donors (Lipinski definition) is 1. The number of benzene rings is 2. The van der Waals surface area contributed by atoms with Gasteiger partial charge in [-0.25, -0.2) is 4.39 Å². The van der Waals surface area contributed by atoms with Crippen LogP contribution in [0.5, 0.6) is 0 Å². The first-order chi connectivity index (χ1) is 13.9. The van der Waals surface area contributed by atoms with Crippen LogP contribution in [0.15, 0.2) is 54.6 Å². The number of H-pyrrole nitrogens is 1. The summed E-state index contributed by atoms with van der Waals surface area (Å²) in [5, 5.41) is 16.1. The summed E-state index contributed by atoms with van der Waals surface area (Å²) in [5.74, 6) is -0.127. The zero-order chi connectivity index (χ0) is 20.8. The molecule has 2 aromatic carbocycles. The van der Waals surface area contributed by atoms with Crippen LogP contribution in [0.4, 0.5) is 4.39 Å². The topological polar surface area (TPSA) is 72.8 Å². The molecule has 1 heterocycles. The van der Waals surface area contributed by atoms with E-state index in [9.17, 15) is 9.18 Å². The first kappa shape index (κ1) is 20.3. The Hall–Kier alpha value is -3.46. The van der Waals surface area contributed by atoms with Crippen LogP contribution in [0.25, 0.3) is 0 Å². The Morgan fingerprint density at radius 2 is 1.86 bits per heavy atom. The SMILES string of the molecule is CC(C)Cc1cc(C(=O)N(Cc2ccc(C#N)cc2)Cc2cccc(F)c2)n[nH]1. The van der Waals surface area contributed by atoms with E-state index >= 15 is 0 Å². The van der Waals surface area contributed by atoms with Crippen LogP contribution in [0.1, 0.15) is 46.7 Å². The molecule has 6 heteroatoms. The molecular weight excluding hydrogens is 367 g/mol. The number of hydrogen-bond acceptors (Lipinski definition) is 3. The lowest BCUT2D eigenvalue weighted by Crippen LogP contribution is -2.30. The van der Waals surface area contributed by atoms with Crippen LogP contribution in [-0.2, 0) is 19.5 Å². The van der Waals surface area contributed by atoms with Crippen LogP contribution < -0.4 is 0 Å². The lowest BCUT2D eigenvalue weighted by Gasteiger charge is -2.22. The van der Waals surface area contributed by atoms with Crippen molar-refractivity contribution in [2.75, 3.05) is 0 Å². The molecule has 0 fully saturated rings. The predicted octanol–water partition coefficient (Wildman–Crippen LogP) is 4.46. The summed E-state index contributed by atoms with van der Waals surface area (Å²) in [5.41, 5.74) is 3.39. The van der Waals surface area contributed by atoms with Crippen molar-refractivity contribution >= 4 is 5.91 Å². The van der Waals surface area contributed by atoms with Crippen molar-refractivity contribution in [1.29, 1.82) is 5.26 Å². The Labute approximate surface area is 169 Å². The molecule has 0 aliphatic rings. The molecule has 5 nitrogen and oxygen atoms in total. The zero-order valence-corrected chi connectivity index (χ0v) is 16.5. The number of nitrogens with zero attached hydrogens (tertiary/aromatic N) is 3. The van der Waals surface area contributed by atoms with Crippen molar-refractivity contribution in [1.82, 2.24) is 15.1 Å². The number of carbonyl (C=O) groups is 1. The van der Waals surface area contributed by atoms with E-state index in [1.807, 2.05) is 12.1 Å². The third-order valence-corrected chi connectivity index (χ3v) is 4.48. The van der Waals surface area contributed by atoms with Crippen molar-refractivity contribution in [3.05, 3.63) is 88.5 Å². The summed E-state index contributed by atoms with van der Waals surface area (Å²) >= 11 is 0. The fraction of sp³-hybridized carbons (Fsp3) is 0.261. The average Bonchev–Trinajstić information content (AvgIpc) is 3.15.